The maximum Gasteiger partial charge on any atom is 0.0116 e. The fourth-order valence-electron chi connectivity index (χ4n) is 3.84. The molecule has 0 aromatic rings. The molecule has 2 fully saturated rings. The quantitative estimate of drug-likeness (QED) is 0.833. The topological polar surface area (TPSA) is 15.3 Å². The van der Waals surface area contributed by atoms with Gasteiger partial charge in [-0.2, -0.15) is 0 Å². The fraction of sp³-hybridized carbons (Fsp3) is 1.00. The first-order valence-electron chi connectivity index (χ1n) is 9.07. The molecule has 2 rings (SSSR count). The van der Waals surface area contributed by atoms with Gasteiger partial charge in [-0.3, -0.25) is 0 Å². The third-order valence-electron chi connectivity index (χ3n) is 5.31. The minimum absolute atomic E-state index is 0.842. The van der Waals surface area contributed by atoms with Gasteiger partial charge in [-0.15, -0.1) is 0 Å². The highest BCUT2D eigenvalue weighted by atomic mass is 15.1. The van der Waals surface area contributed by atoms with E-state index in [4.69, 9.17) is 0 Å². The smallest absolute Gasteiger partial charge is 0.0116 e. The summed E-state index contributed by atoms with van der Waals surface area (Å²) < 4.78 is 0. The highest BCUT2D eigenvalue weighted by Crippen LogP contribution is 2.33. The van der Waals surface area contributed by atoms with Crippen LogP contribution in [0.1, 0.15) is 66.2 Å². The summed E-state index contributed by atoms with van der Waals surface area (Å²) in [6, 6.07) is 0.842. The van der Waals surface area contributed by atoms with Gasteiger partial charge in [0, 0.05) is 12.6 Å². The first-order chi connectivity index (χ1) is 9.66. The molecule has 1 N–H and O–H groups in total. The number of hydrogen-bond donors (Lipinski definition) is 1. The zero-order chi connectivity index (χ0) is 15.0. The minimum atomic E-state index is 0.842. The summed E-state index contributed by atoms with van der Waals surface area (Å²) in [7, 11) is 2.35. The molecule has 0 amide bonds. The van der Waals surface area contributed by atoms with Crippen LogP contribution in [0.4, 0.5) is 0 Å². The van der Waals surface area contributed by atoms with Crippen LogP contribution in [0.3, 0.4) is 0 Å². The predicted octanol–water partition coefficient (Wildman–Crippen LogP) is 4.16. The summed E-state index contributed by atoms with van der Waals surface area (Å²) in [5, 5.41) is 3.46. The molecule has 0 aromatic carbocycles. The summed E-state index contributed by atoms with van der Waals surface area (Å²) >= 11 is 0. The number of piperidine rings is 1. The van der Waals surface area contributed by atoms with E-state index in [9.17, 15) is 0 Å². The Balaban J connectivity index is 0.000000956. The molecule has 2 heteroatoms. The lowest BCUT2D eigenvalue weighted by Gasteiger charge is -2.37. The largest absolute Gasteiger partial charge is 0.317 e. The lowest BCUT2D eigenvalue weighted by Crippen LogP contribution is -2.43. The van der Waals surface area contributed by atoms with Gasteiger partial charge in [0.15, 0.2) is 0 Å². The Labute approximate surface area is 127 Å². The van der Waals surface area contributed by atoms with Crippen LogP contribution in [0.25, 0.3) is 0 Å². The molecule has 1 heterocycles. The highest BCUT2D eigenvalue weighted by molar-refractivity contribution is 4.80. The van der Waals surface area contributed by atoms with Crippen LogP contribution in [0.5, 0.6) is 0 Å². The number of hydrogen-bond acceptors (Lipinski definition) is 2. The normalized spacial score (nSPS) is 28.4. The van der Waals surface area contributed by atoms with E-state index in [-0.39, 0.29) is 0 Å². The Morgan fingerprint density at radius 3 is 2.00 bits per heavy atom. The van der Waals surface area contributed by atoms with Crippen LogP contribution in [-0.4, -0.2) is 37.6 Å². The van der Waals surface area contributed by atoms with Gasteiger partial charge < -0.3 is 10.2 Å². The van der Waals surface area contributed by atoms with Crippen molar-refractivity contribution in [3.63, 3.8) is 0 Å². The van der Waals surface area contributed by atoms with Crippen molar-refractivity contribution < 1.29 is 0 Å². The summed E-state index contributed by atoms with van der Waals surface area (Å²) in [4.78, 5) is 2.65. The maximum atomic E-state index is 3.46. The van der Waals surface area contributed by atoms with Crippen LogP contribution < -0.4 is 5.32 Å². The van der Waals surface area contributed by atoms with E-state index in [1.807, 2.05) is 13.8 Å². The van der Waals surface area contributed by atoms with Gasteiger partial charge in [0.25, 0.3) is 0 Å². The predicted molar refractivity (Wildman–Crippen MR) is 90.2 cm³/mol. The molecular weight excluding hydrogens is 244 g/mol. The summed E-state index contributed by atoms with van der Waals surface area (Å²) in [5.74, 6) is 2.87. The molecule has 1 saturated heterocycles. The van der Waals surface area contributed by atoms with Gasteiger partial charge in [0.2, 0.25) is 0 Å². The second-order valence-electron chi connectivity index (χ2n) is 6.95. The fourth-order valence-corrected chi connectivity index (χ4v) is 3.84. The van der Waals surface area contributed by atoms with Crippen LogP contribution in [0, 0.1) is 17.8 Å². The lowest BCUT2D eigenvalue weighted by molar-refractivity contribution is 0.135. The number of nitrogens with one attached hydrogen (secondary N) is 1. The van der Waals surface area contributed by atoms with Gasteiger partial charge in [0.1, 0.15) is 0 Å². The summed E-state index contributed by atoms with van der Waals surface area (Å²) in [6.07, 6.45) is 8.58. The van der Waals surface area contributed by atoms with E-state index in [1.165, 1.54) is 58.2 Å². The number of rotatable bonds is 4. The lowest BCUT2D eigenvalue weighted by atomic mass is 9.77. The summed E-state index contributed by atoms with van der Waals surface area (Å²) in [6.45, 7) is 12.6. The van der Waals surface area contributed by atoms with E-state index in [1.54, 1.807) is 0 Å². The second-order valence-corrected chi connectivity index (χ2v) is 6.95. The van der Waals surface area contributed by atoms with Crippen molar-refractivity contribution in [3.8, 4) is 0 Å². The third-order valence-corrected chi connectivity index (χ3v) is 5.31. The monoisotopic (exact) mass is 282 g/mol. The minimum Gasteiger partial charge on any atom is -0.317 e. The van der Waals surface area contributed by atoms with Gasteiger partial charge in [-0.25, -0.2) is 0 Å². The molecule has 120 valence electrons. The van der Waals surface area contributed by atoms with Crippen molar-refractivity contribution in [2.45, 2.75) is 72.3 Å². The first-order valence-corrected chi connectivity index (χ1v) is 9.07. The van der Waals surface area contributed by atoms with E-state index in [2.05, 4.69) is 31.1 Å². The van der Waals surface area contributed by atoms with Crippen molar-refractivity contribution >= 4 is 0 Å². The SMILES string of the molecule is CC.CC(C)C1CCC(CN(C)C2CCNCC2)CC1. The molecule has 0 atom stereocenters. The molecule has 0 bridgehead atoms. The van der Waals surface area contributed by atoms with Gasteiger partial charge >= 0.3 is 0 Å². The molecular formula is C18H38N2. The van der Waals surface area contributed by atoms with Gasteiger partial charge in [-0.05, 0) is 76.4 Å². The van der Waals surface area contributed by atoms with Gasteiger partial charge in [0.05, 0.1) is 0 Å². The zero-order valence-corrected chi connectivity index (χ0v) is 14.6. The van der Waals surface area contributed by atoms with Crippen LogP contribution in [0.2, 0.25) is 0 Å². The second kappa shape index (κ2) is 9.78. The Morgan fingerprint density at radius 1 is 0.950 bits per heavy atom. The van der Waals surface area contributed by atoms with Crippen molar-refractivity contribution in [3.05, 3.63) is 0 Å². The van der Waals surface area contributed by atoms with Crippen molar-refractivity contribution in [2.75, 3.05) is 26.7 Å². The van der Waals surface area contributed by atoms with Crippen molar-refractivity contribution in [1.29, 1.82) is 0 Å². The number of nitrogens with zero attached hydrogens (tertiary/aromatic N) is 1. The molecule has 2 nitrogen and oxygen atoms in total. The van der Waals surface area contributed by atoms with Gasteiger partial charge in [-0.1, -0.05) is 27.7 Å². The molecule has 2 aliphatic rings. The summed E-state index contributed by atoms with van der Waals surface area (Å²) in [5.41, 5.74) is 0. The molecule has 1 saturated carbocycles. The van der Waals surface area contributed by atoms with E-state index in [0.29, 0.717) is 0 Å². The van der Waals surface area contributed by atoms with Crippen LogP contribution >= 0.6 is 0 Å². The molecule has 0 spiro atoms. The average Bonchev–Trinajstić information content (AvgIpc) is 2.50. The van der Waals surface area contributed by atoms with Crippen molar-refractivity contribution in [1.82, 2.24) is 10.2 Å². The molecule has 0 unspecified atom stereocenters. The average molecular weight is 283 g/mol. The molecule has 1 aliphatic heterocycles. The Morgan fingerprint density at radius 2 is 1.50 bits per heavy atom. The Hall–Kier alpha value is -0.0800. The van der Waals surface area contributed by atoms with Crippen LogP contribution in [-0.2, 0) is 0 Å². The Bertz CT molecular complexity index is 226. The van der Waals surface area contributed by atoms with Crippen LogP contribution in [0.15, 0.2) is 0 Å². The zero-order valence-electron chi connectivity index (χ0n) is 14.6. The maximum absolute atomic E-state index is 3.46. The van der Waals surface area contributed by atoms with E-state index in [0.717, 1.165) is 23.8 Å². The highest BCUT2D eigenvalue weighted by Gasteiger charge is 2.26. The Kier molecular flexibility index (Phi) is 8.79. The third kappa shape index (κ3) is 5.73. The van der Waals surface area contributed by atoms with E-state index < -0.39 is 0 Å². The molecule has 1 aliphatic carbocycles. The standard InChI is InChI=1S/C16H32N2.C2H6/c1-13(2)15-6-4-14(5-7-15)12-18(3)16-8-10-17-11-9-16;1-2/h13-17H,4-12H2,1-3H3;1-2H3. The van der Waals surface area contributed by atoms with E-state index >= 15 is 0 Å². The molecule has 0 radical (unpaired) electrons. The first kappa shape index (κ1) is 18.0. The molecule has 20 heavy (non-hydrogen) atoms. The van der Waals surface area contributed by atoms with Crippen molar-refractivity contribution in [2.24, 2.45) is 17.8 Å². The molecule has 0 aromatic heterocycles.